The van der Waals surface area contributed by atoms with Gasteiger partial charge in [0.05, 0.1) is 17.7 Å². The van der Waals surface area contributed by atoms with Crippen LogP contribution >= 0.6 is 0 Å². The number of ether oxygens (including phenoxy) is 3. The van der Waals surface area contributed by atoms with Crippen LogP contribution in [-0.2, 0) is 27.9 Å². The van der Waals surface area contributed by atoms with Gasteiger partial charge in [-0.1, -0.05) is 12.1 Å². The lowest BCUT2D eigenvalue weighted by atomic mass is 9.79. The van der Waals surface area contributed by atoms with Crippen LogP contribution in [0.2, 0.25) is 0 Å². The van der Waals surface area contributed by atoms with E-state index >= 15 is 13.2 Å². The van der Waals surface area contributed by atoms with Gasteiger partial charge in [0, 0.05) is 18.6 Å². The van der Waals surface area contributed by atoms with Gasteiger partial charge in [0.25, 0.3) is 0 Å². The molecule has 4 rings (SSSR count). The summed E-state index contributed by atoms with van der Waals surface area (Å²) in [6, 6.07) is 3.84. The van der Waals surface area contributed by atoms with Gasteiger partial charge in [-0.15, -0.1) is 0 Å². The Balaban J connectivity index is 1.73. The molecule has 0 amide bonds. The van der Waals surface area contributed by atoms with Crippen molar-refractivity contribution in [1.29, 1.82) is 0 Å². The van der Waals surface area contributed by atoms with Crippen LogP contribution in [0.25, 0.3) is 11.1 Å². The van der Waals surface area contributed by atoms with E-state index in [1.165, 1.54) is 13.8 Å². The van der Waals surface area contributed by atoms with Gasteiger partial charge in [-0.2, -0.15) is 22.0 Å². The zero-order valence-electron chi connectivity index (χ0n) is 20.0. The zero-order valence-corrected chi connectivity index (χ0v) is 20.0. The maximum atomic E-state index is 15.3. The Morgan fingerprint density at radius 2 is 1.38 bits per heavy atom. The van der Waals surface area contributed by atoms with Crippen LogP contribution in [0.15, 0.2) is 47.8 Å². The van der Waals surface area contributed by atoms with Gasteiger partial charge in [0.2, 0.25) is 0 Å². The Morgan fingerprint density at radius 3 is 1.97 bits per heavy atom. The topological polar surface area (TPSA) is 27.7 Å². The molecule has 2 aromatic carbocycles. The normalized spacial score (nSPS) is 21.8. The largest absolute Gasteiger partial charge is 0.491 e. The highest BCUT2D eigenvalue weighted by molar-refractivity contribution is 5.77. The van der Waals surface area contributed by atoms with Gasteiger partial charge in [-0.25, -0.2) is 13.2 Å². The number of hydrogen-bond donors (Lipinski definition) is 0. The third-order valence-corrected chi connectivity index (χ3v) is 6.34. The van der Waals surface area contributed by atoms with Crippen LogP contribution in [0.4, 0.5) is 35.1 Å². The molecule has 0 radical (unpaired) electrons. The molecule has 2 aliphatic carbocycles. The van der Waals surface area contributed by atoms with Crippen LogP contribution in [0.3, 0.4) is 0 Å². The Labute approximate surface area is 207 Å². The predicted molar refractivity (Wildman–Crippen MR) is 118 cm³/mol. The summed E-state index contributed by atoms with van der Waals surface area (Å²) in [6.07, 6.45) is 1.03. The zero-order chi connectivity index (χ0) is 27.3. The lowest BCUT2D eigenvalue weighted by Crippen LogP contribution is -2.41. The number of rotatable bonds is 7. The van der Waals surface area contributed by atoms with E-state index in [2.05, 4.69) is 0 Å². The highest BCUT2D eigenvalue weighted by Crippen LogP contribution is 2.60. The standard InChI is InChI=1S/C26H22F8O3/c1-4-35-16-9-8-15-14-7-6-13(12-36-17-10-11-24(3,37-5-2)23(30)22(17)29)20(27)18(14)25(31,32)26(33,34)19(15)21(16)28/h6-10H,4-5,11-12H2,1-3H3. The van der Waals surface area contributed by atoms with Crippen LogP contribution < -0.4 is 4.74 Å². The Bertz CT molecular complexity index is 1300. The molecule has 1 unspecified atom stereocenters. The van der Waals surface area contributed by atoms with E-state index in [1.807, 2.05) is 0 Å². The first-order valence-electron chi connectivity index (χ1n) is 11.4. The van der Waals surface area contributed by atoms with E-state index in [0.717, 1.165) is 30.3 Å². The molecule has 11 heteroatoms. The number of benzene rings is 2. The Hall–Kier alpha value is -3.08. The van der Waals surface area contributed by atoms with Gasteiger partial charge in [0.15, 0.2) is 29.0 Å². The van der Waals surface area contributed by atoms with E-state index < -0.39 is 86.7 Å². The Morgan fingerprint density at radius 1 is 0.784 bits per heavy atom. The van der Waals surface area contributed by atoms with Crippen LogP contribution in [0.5, 0.6) is 5.75 Å². The smallest absolute Gasteiger partial charge is 0.343 e. The number of halogens is 8. The number of fused-ring (bicyclic) bond motifs is 3. The Kier molecular flexibility index (Phi) is 6.81. The summed E-state index contributed by atoms with van der Waals surface area (Å²) in [4.78, 5) is 0. The van der Waals surface area contributed by atoms with Crippen molar-refractivity contribution in [3.63, 3.8) is 0 Å². The second-order valence-electron chi connectivity index (χ2n) is 8.70. The number of allylic oxidation sites excluding steroid dienone is 1. The van der Waals surface area contributed by atoms with E-state index in [1.54, 1.807) is 6.92 Å². The SMILES string of the molecule is CCOc1ccc2c(c1F)C(F)(F)C(F)(F)c1c-2ccc(COC2=CCC(C)(OCC)C(F)=C2F)c1F. The van der Waals surface area contributed by atoms with Crippen LogP contribution in [-0.4, -0.2) is 18.8 Å². The fourth-order valence-electron chi connectivity index (χ4n) is 4.46. The molecule has 200 valence electrons. The first kappa shape index (κ1) is 27.0. The molecule has 0 aromatic heterocycles. The van der Waals surface area contributed by atoms with Gasteiger partial charge < -0.3 is 14.2 Å². The summed E-state index contributed by atoms with van der Waals surface area (Å²) < 4.78 is 135. The first-order valence-corrected chi connectivity index (χ1v) is 11.4. The highest BCUT2D eigenvalue weighted by atomic mass is 19.3. The third-order valence-electron chi connectivity index (χ3n) is 6.34. The van der Waals surface area contributed by atoms with Gasteiger partial charge >= 0.3 is 11.8 Å². The van der Waals surface area contributed by atoms with Crippen molar-refractivity contribution in [1.82, 2.24) is 0 Å². The van der Waals surface area contributed by atoms with Crippen molar-refractivity contribution in [3.05, 3.63) is 76.1 Å². The molecule has 2 aromatic rings. The van der Waals surface area contributed by atoms with Crippen molar-refractivity contribution >= 4 is 0 Å². The molecule has 0 aliphatic heterocycles. The fourth-order valence-corrected chi connectivity index (χ4v) is 4.46. The minimum absolute atomic E-state index is 0.0976. The highest BCUT2D eigenvalue weighted by Gasteiger charge is 2.65. The van der Waals surface area contributed by atoms with Crippen molar-refractivity contribution in [2.45, 2.75) is 51.2 Å². The van der Waals surface area contributed by atoms with Crippen LogP contribution in [0, 0.1) is 11.6 Å². The van der Waals surface area contributed by atoms with E-state index in [-0.39, 0.29) is 19.6 Å². The van der Waals surface area contributed by atoms with Crippen molar-refractivity contribution < 1.29 is 49.3 Å². The second-order valence-corrected chi connectivity index (χ2v) is 8.70. The molecule has 3 nitrogen and oxygen atoms in total. The molecule has 0 saturated carbocycles. The molecule has 37 heavy (non-hydrogen) atoms. The maximum absolute atomic E-state index is 15.3. The van der Waals surface area contributed by atoms with Gasteiger partial charge in [-0.05, 0) is 50.1 Å². The average molecular weight is 534 g/mol. The van der Waals surface area contributed by atoms with E-state index in [9.17, 15) is 22.0 Å². The fraction of sp³-hybridized carbons (Fsp3) is 0.385. The maximum Gasteiger partial charge on any atom is 0.343 e. The molecule has 0 saturated heterocycles. The molecular formula is C26H22F8O3. The summed E-state index contributed by atoms with van der Waals surface area (Å²) >= 11 is 0. The lowest BCUT2D eigenvalue weighted by Gasteiger charge is -2.35. The molecule has 0 heterocycles. The molecule has 0 N–H and O–H groups in total. The molecule has 0 fully saturated rings. The van der Waals surface area contributed by atoms with Crippen LogP contribution in [0.1, 0.15) is 43.9 Å². The summed E-state index contributed by atoms with van der Waals surface area (Å²) in [5.74, 6) is -17.6. The van der Waals surface area contributed by atoms with Crippen molar-refractivity contribution in [2.24, 2.45) is 0 Å². The predicted octanol–water partition coefficient (Wildman–Crippen LogP) is 7.98. The summed E-state index contributed by atoms with van der Waals surface area (Å²) in [5.41, 5.74) is -6.71. The van der Waals surface area contributed by atoms with Crippen molar-refractivity contribution in [2.75, 3.05) is 13.2 Å². The third kappa shape index (κ3) is 4.07. The van der Waals surface area contributed by atoms with Crippen molar-refractivity contribution in [3.8, 4) is 16.9 Å². The summed E-state index contributed by atoms with van der Waals surface area (Å²) in [6.45, 7) is 3.49. The molecule has 0 bridgehead atoms. The number of alkyl halides is 4. The lowest BCUT2D eigenvalue weighted by molar-refractivity contribution is -0.228. The summed E-state index contributed by atoms with van der Waals surface area (Å²) in [5, 5.41) is 0. The second kappa shape index (κ2) is 9.34. The van der Waals surface area contributed by atoms with Gasteiger partial charge in [0.1, 0.15) is 18.0 Å². The minimum Gasteiger partial charge on any atom is -0.491 e. The van der Waals surface area contributed by atoms with Gasteiger partial charge in [-0.3, -0.25) is 0 Å². The summed E-state index contributed by atoms with van der Waals surface area (Å²) in [7, 11) is 0. The number of hydrogen-bond acceptors (Lipinski definition) is 3. The minimum atomic E-state index is -5.15. The molecule has 1 atom stereocenters. The monoisotopic (exact) mass is 534 g/mol. The first-order chi connectivity index (χ1) is 17.3. The molecule has 2 aliphatic rings. The molecular weight excluding hydrogens is 512 g/mol. The van der Waals surface area contributed by atoms with E-state index in [4.69, 9.17) is 14.2 Å². The van der Waals surface area contributed by atoms with E-state index in [0.29, 0.717) is 0 Å². The quantitative estimate of drug-likeness (QED) is 0.337. The average Bonchev–Trinajstić information content (AvgIpc) is 2.83. The molecule has 0 spiro atoms.